The molecule has 1 amide bonds. The van der Waals surface area contributed by atoms with Crippen LogP contribution in [0.2, 0.25) is 0 Å². The molecule has 1 aromatic rings. The smallest absolute Gasteiger partial charge is 0.354 e. The largest absolute Gasteiger partial charge is 0.464 e. The molecule has 0 aliphatic heterocycles. The Morgan fingerprint density at radius 1 is 1.18 bits per heavy atom. The number of carbonyl (C=O) groups is 3. The van der Waals surface area contributed by atoms with Crippen molar-refractivity contribution in [3.05, 3.63) is 22.5 Å². The van der Waals surface area contributed by atoms with Crippen molar-refractivity contribution in [2.45, 2.75) is 72.3 Å². The standard InChI is InChI=1S/C22H34N2O4/c1-7-18(25)24(13-17-11-9-8-10-12-17)16(4)21(26)19-14(2)20(22(27)28-6)23(5)15(19)3/h16-17H,7-13H2,1-6H3. The molecule has 2 rings (SSSR count). The topological polar surface area (TPSA) is 68.6 Å². The van der Waals surface area contributed by atoms with Gasteiger partial charge in [-0.1, -0.05) is 26.2 Å². The number of methoxy groups -OCH3 is 1. The molecule has 6 nitrogen and oxygen atoms in total. The van der Waals surface area contributed by atoms with Gasteiger partial charge in [-0.05, 0) is 45.1 Å². The summed E-state index contributed by atoms with van der Waals surface area (Å²) in [6.07, 6.45) is 6.26. The van der Waals surface area contributed by atoms with Crippen molar-refractivity contribution in [1.82, 2.24) is 9.47 Å². The number of rotatable bonds is 7. The Hall–Kier alpha value is -2.11. The summed E-state index contributed by atoms with van der Waals surface area (Å²) in [6, 6.07) is -0.556. The molecular weight excluding hydrogens is 356 g/mol. The summed E-state index contributed by atoms with van der Waals surface area (Å²) in [7, 11) is 3.09. The minimum absolute atomic E-state index is 0.00542. The van der Waals surface area contributed by atoms with Crippen molar-refractivity contribution < 1.29 is 19.1 Å². The molecule has 1 unspecified atom stereocenters. The summed E-state index contributed by atoms with van der Waals surface area (Å²) in [5, 5.41) is 0. The predicted molar refractivity (Wildman–Crippen MR) is 109 cm³/mol. The van der Waals surface area contributed by atoms with E-state index >= 15 is 0 Å². The number of Topliss-reactive ketones (excluding diaryl/α,β-unsaturated/α-hetero) is 1. The summed E-state index contributed by atoms with van der Waals surface area (Å²) in [5.74, 6) is -0.106. The van der Waals surface area contributed by atoms with Crippen molar-refractivity contribution in [1.29, 1.82) is 0 Å². The zero-order chi connectivity index (χ0) is 21.0. The number of amides is 1. The Morgan fingerprint density at radius 3 is 2.32 bits per heavy atom. The van der Waals surface area contributed by atoms with Crippen LogP contribution in [0.3, 0.4) is 0 Å². The maximum Gasteiger partial charge on any atom is 0.354 e. The van der Waals surface area contributed by atoms with E-state index in [2.05, 4.69) is 0 Å². The van der Waals surface area contributed by atoms with Crippen LogP contribution < -0.4 is 0 Å². The van der Waals surface area contributed by atoms with Crippen LogP contribution in [0.25, 0.3) is 0 Å². The molecule has 1 atom stereocenters. The molecule has 0 aromatic carbocycles. The Kier molecular flexibility index (Phi) is 7.44. The van der Waals surface area contributed by atoms with Crippen molar-refractivity contribution in [3.63, 3.8) is 0 Å². The van der Waals surface area contributed by atoms with Crippen LogP contribution in [0.1, 0.15) is 84.5 Å². The first kappa shape index (κ1) is 22.2. The molecule has 0 saturated heterocycles. The number of ether oxygens (including phenoxy) is 1. The van der Waals surface area contributed by atoms with Crippen molar-refractivity contribution in [2.75, 3.05) is 13.7 Å². The first-order valence-electron chi connectivity index (χ1n) is 10.3. The van der Waals surface area contributed by atoms with Crippen LogP contribution in [0.15, 0.2) is 0 Å². The van der Waals surface area contributed by atoms with Crippen molar-refractivity contribution in [2.24, 2.45) is 13.0 Å². The number of hydrogen-bond acceptors (Lipinski definition) is 4. The maximum absolute atomic E-state index is 13.4. The first-order valence-corrected chi connectivity index (χ1v) is 10.3. The zero-order valence-corrected chi connectivity index (χ0v) is 18.1. The van der Waals surface area contributed by atoms with Gasteiger partial charge in [0, 0.05) is 31.3 Å². The Bertz CT molecular complexity index is 744. The summed E-state index contributed by atoms with van der Waals surface area (Å²) < 4.78 is 6.58. The van der Waals surface area contributed by atoms with Gasteiger partial charge >= 0.3 is 5.97 Å². The van der Waals surface area contributed by atoms with Crippen molar-refractivity contribution >= 4 is 17.7 Å². The molecule has 1 aliphatic carbocycles. The monoisotopic (exact) mass is 390 g/mol. The summed E-state index contributed by atoms with van der Waals surface area (Å²) in [5.41, 5.74) is 2.24. The van der Waals surface area contributed by atoms with Gasteiger partial charge in [-0.3, -0.25) is 9.59 Å². The SMILES string of the molecule is CCC(=O)N(CC1CCCCC1)C(C)C(=O)c1c(C)c(C(=O)OC)n(C)c1C. The van der Waals surface area contributed by atoms with Crippen LogP contribution in [0.4, 0.5) is 0 Å². The molecule has 0 radical (unpaired) electrons. The summed E-state index contributed by atoms with van der Waals surface area (Å²) in [6.45, 7) is 7.87. The lowest BCUT2D eigenvalue weighted by Crippen LogP contribution is -2.46. The fraction of sp³-hybridized carbons (Fsp3) is 0.682. The highest BCUT2D eigenvalue weighted by Crippen LogP contribution is 2.28. The van der Waals surface area contributed by atoms with Gasteiger partial charge in [-0.2, -0.15) is 0 Å². The highest BCUT2D eigenvalue weighted by Gasteiger charge is 2.33. The summed E-state index contributed by atoms with van der Waals surface area (Å²) in [4.78, 5) is 40.0. The zero-order valence-electron chi connectivity index (χ0n) is 18.1. The highest BCUT2D eigenvalue weighted by molar-refractivity contribution is 6.06. The molecule has 0 spiro atoms. The van der Waals surface area contributed by atoms with Gasteiger partial charge in [0.15, 0.2) is 5.78 Å². The third kappa shape index (κ3) is 4.31. The van der Waals surface area contributed by atoms with E-state index in [1.165, 1.54) is 26.4 Å². The molecule has 0 N–H and O–H groups in total. The minimum atomic E-state index is -0.556. The number of ketones is 1. The van der Waals surface area contributed by atoms with Gasteiger partial charge < -0.3 is 14.2 Å². The van der Waals surface area contributed by atoms with Crippen molar-refractivity contribution in [3.8, 4) is 0 Å². The third-order valence-corrected chi connectivity index (χ3v) is 6.21. The lowest BCUT2D eigenvalue weighted by atomic mass is 9.88. The number of carbonyl (C=O) groups excluding carboxylic acids is 3. The molecule has 1 heterocycles. The number of esters is 1. The highest BCUT2D eigenvalue weighted by atomic mass is 16.5. The second-order valence-electron chi connectivity index (χ2n) is 7.93. The van der Waals surface area contributed by atoms with E-state index in [4.69, 9.17) is 4.74 Å². The number of nitrogens with zero attached hydrogens (tertiary/aromatic N) is 2. The third-order valence-electron chi connectivity index (χ3n) is 6.21. The lowest BCUT2D eigenvalue weighted by Gasteiger charge is -2.33. The fourth-order valence-electron chi connectivity index (χ4n) is 4.40. The minimum Gasteiger partial charge on any atom is -0.464 e. The maximum atomic E-state index is 13.4. The molecule has 1 saturated carbocycles. The number of aromatic nitrogens is 1. The van der Waals surface area contributed by atoms with E-state index in [0.717, 1.165) is 18.5 Å². The second kappa shape index (κ2) is 9.39. The lowest BCUT2D eigenvalue weighted by molar-refractivity contribution is -0.133. The van der Waals surface area contributed by atoms with Crippen LogP contribution in [0.5, 0.6) is 0 Å². The molecule has 6 heteroatoms. The fourth-order valence-corrected chi connectivity index (χ4v) is 4.40. The second-order valence-corrected chi connectivity index (χ2v) is 7.93. The Morgan fingerprint density at radius 2 is 1.79 bits per heavy atom. The molecule has 1 aromatic heterocycles. The predicted octanol–water partition coefficient (Wildman–Crippen LogP) is 3.82. The molecule has 1 fully saturated rings. The van der Waals surface area contributed by atoms with Crippen LogP contribution in [-0.2, 0) is 16.6 Å². The molecule has 28 heavy (non-hydrogen) atoms. The number of hydrogen-bond donors (Lipinski definition) is 0. The average Bonchev–Trinajstić information content (AvgIpc) is 2.93. The van der Waals surface area contributed by atoms with E-state index < -0.39 is 12.0 Å². The van der Waals surface area contributed by atoms with Gasteiger partial charge in [-0.15, -0.1) is 0 Å². The Balaban J connectivity index is 2.34. The normalized spacial score (nSPS) is 15.9. The Labute approximate surface area is 168 Å². The van der Waals surface area contributed by atoms with E-state index in [0.29, 0.717) is 35.7 Å². The first-order chi connectivity index (χ1) is 13.2. The van der Waals surface area contributed by atoms with Gasteiger partial charge in [0.25, 0.3) is 0 Å². The average molecular weight is 391 g/mol. The van der Waals surface area contributed by atoms with Gasteiger partial charge in [0.2, 0.25) is 5.91 Å². The van der Waals surface area contributed by atoms with E-state index in [-0.39, 0.29) is 11.7 Å². The van der Waals surface area contributed by atoms with Gasteiger partial charge in [-0.25, -0.2) is 4.79 Å². The van der Waals surface area contributed by atoms with E-state index in [1.54, 1.807) is 23.4 Å². The van der Waals surface area contributed by atoms with Gasteiger partial charge in [0.05, 0.1) is 13.2 Å². The molecule has 156 valence electrons. The van der Waals surface area contributed by atoms with Crippen LogP contribution >= 0.6 is 0 Å². The van der Waals surface area contributed by atoms with Crippen LogP contribution in [-0.4, -0.2) is 46.8 Å². The van der Waals surface area contributed by atoms with E-state index in [1.807, 2.05) is 20.8 Å². The summed E-state index contributed by atoms with van der Waals surface area (Å²) >= 11 is 0. The molecule has 1 aliphatic rings. The van der Waals surface area contributed by atoms with Gasteiger partial charge in [0.1, 0.15) is 5.69 Å². The van der Waals surface area contributed by atoms with E-state index in [9.17, 15) is 14.4 Å². The molecular formula is C22H34N2O4. The quantitative estimate of drug-likeness (QED) is 0.524. The van der Waals surface area contributed by atoms with Crippen LogP contribution in [0, 0.1) is 19.8 Å². The molecule has 0 bridgehead atoms.